The summed E-state index contributed by atoms with van der Waals surface area (Å²) >= 11 is 3.40. The summed E-state index contributed by atoms with van der Waals surface area (Å²) < 4.78 is 1.12. The third kappa shape index (κ3) is 1.54. The third-order valence-electron chi connectivity index (χ3n) is 2.45. The van der Waals surface area contributed by atoms with Crippen LogP contribution in [0.25, 0.3) is 0 Å². The van der Waals surface area contributed by atoms with E-state index in [0.29, 0.717) is 5.92 Å². The van der Waals surface area contributed by atoms with Crippen molar-refractivity contribution in [3.8, 4) is 0 Å². The molecule has 1 N–H and O–H groups in total. The van der Waals surface area contributed by atoms with E-state index in [4.69, 9.17) is 5.11 Å². The van der Waals surface area contributed by atoms with E-state index in [1.165, 1.54) is 5.56 Å². The van der Waals surface area contributed by atoms with Crippen LogP contribution in [-0.2, 0) is 0 Å². The highest BCUT2D eigenvalue weighted by molar-refractivity contribution is 9.10. The van der Waals surface area contributed by atoms with E-state index in [-0.39, 0.29) is 6.10 Å². The lowest BCUT2D eigenvalue weighted by Crippen LogP contribution is -2.26. The number of halogens is 1. The fourth-order valence-corrected chi connectivity index (χ4v) is 1.86. The maximum Gasteiger partial charge on any atom is 0.0552 e. The SMILES string of the molecule is O[C@H]1C[C@H](c2ccc(Br)cc2)C1. The molecule has 0 spiro atoms. The molecule has 2 rings (SSSR count). The van der Waals surface area contributed by atoms with Crippen molar-refractivity contribution in [3.05, 3.63) is 34.3 Å². The van der Waals surface area contributed by atoms with Crippen molar-refractivity contribution in [1.82, 2.24) is 0 Å². The minimum atomic E-state index is -0.0568. The minimum Gasteiger partial charge on any atom is -0.393 e. The van der Waals surface area contributed by atoms with Gasteiger partial charge >= 0.3 is 0 Å². The van der Waals surface area contributed by atoms with Crippen molar-refractivity contribution in [2.45, 2.75) is 24.9 Å². The molecule has 1 aromatic rings. The normalized spacial score (nSPS) is 28.2. The maximum absolute atomic E-state index is 9.12. The maximum atomic E-state index is 9.12. The summed E-state index contributed by atoms with van der Waals surface area (Å²) in [5.41, 5.74) is 1.35. The molecule has 0 radical (unpaired) electrons. The van der Waals surface area contributed by atoms with Gasteiger partial charge in [-0.15, -0.1) is 0 Å². The Morgan fingerprint density at radius 1 is 1.17 bits per heavy atom. The summed E-state index contributed by atoms with van der Waals surface area (Å²) in [6.07, 6.45) is 1.81. The first-order valence-electron chi connectivity index (χ1n) is 4.19. The van der Waals surface area contributed by atoms with Crippen LogP contribution in [0.5, 0.6) is 0 Å². The van der Waals surface area contributed by atoms with E-state index in [1.807, 2.05) is 0 Å². The van der Waals surface area contributed by atoms with Gasteiger partial charge in [-0.2, -0.15) is 0 Å². The van der Waals surface area contributed by atoms with Crippen LogP contribution in [0, 0.1) is 0 Å². The molecule has 1 nitrogen and oxygen atoms in total. The summed E-state index contributed by atoms with van der Waals surface area (Å²) in [5.74, 6) is 0.591. The largest absolute Gasteiger partial charge is 0.393 e. The lowest BCUT2D eigenvalue weighted by molar-refractivity contribution is 0.0746. The van der Waals surface area contributed by atoms with E-state index in [0.717, 1.165) is 17.3 Å². The fraction of sp³-hybridized carbons (Fsp3) is 0.400. The van der Waals surface area contributed by atoms with Gasteiger partial charge in [0, 0.05) is 4.47 Å². The zero-order chi connectivity index (χ0) is 8.55. The van der Waals surface area contributed by atoms with Gasteiger partial charge in [-0.25, -0.2) is 0 Å². The number of aliphatic hydroxyl groups excluding tert-OH is 1. The first-order valence-corrected chi connectivity index (χ1v) is 4.98. The molecule has 12 heavy (non-hydrogen) atoms. The van der Waals surface area contributed by atoms with Crippen LogP contribution in [0.1, 0.15) is 24.3 Å². The second-order valence-corrected chi connectivity index (χ2v) is 4.29. The molecule has 0 unspecified atom stereocenters. The molecule has 1 aliphatic carbocycles. The molecule has 0 atom stereocenters. The smallest absolute Gasteiger partial charge is 0.0552 e. The van der Waals surface area contributed by atoms with Crippen molar-refractivity contribution < 1.29 is 5.11 Å². The van der Waals surface area contributed by atoms with E-state index in [1.54, 1.807) is 0 Å². The molecule has 0 amide bonds. The van der Waals surface area contributed by atoms with Gasteiger partial charge < -0.3 is 5.11 Å². The predicted octanol–water partition coefficient (Wildman–Crippen LogP) is 2.69. The highest BCUT2D eigenvalue weighted by atomic mass is 79.9. The van der Waals surface area contributed by atoms with Gasteiger partial charge in [0.15, 0.2) is 0 Å². The van der Waals surface area contributed by atoms with Crippen LogP contribution in [-0.4, -0.2) is 11.2 Å². The van der Waals surface area contributed by atoms with Crippen LogP contribution in [0.2, 0.25) is 0 Å². The first kappa shape index (κ1) is 8.27. The summed E-state index contributed by atoms with van der Waals surface area (Å²) in [4.78, 5) is 0. The molecule has 0 saturated heterocycles. The predicted molar refractivity (Wildman–Crippen MR) is 52.1 cm³/mol. The van der Waals surface area contributed by atoms with Crippen LogP contribution < -0.4 is 0 Å². The van der Waals surface area contributed by atoms with Gasteiger partial charge in [-0.3, -0.25) is 0 Å². The van der Waals surface area contributed by atoms with Gasteiger partial charge in [-0.05, 0) is 36.5 Å². The molecule has 2 heteroatoms. The molecule has 0 bridgehead atoms. The van der Waals surface area contributed by atoms with E-state index in [9.17, 15) is 0 Å². The molecule has 1 aliphatic rings. The lowest BCUT2D eigenvalue weighted by atomic mass is 9.78. The molecular weight excluding hydrogens is 216 g/mol. The van der Waals surface area contributed by atoms with Crippen molar-refractivity contribution in [1.29, 1.82) is 0 Å². The average Bonchev–Trinajstić information content (AvgIpc) is 2.01. The Kier molecular flexibility index (Phi) is 2.20. The van der Waals surface area contributed by atoms with Gasteiger partial charge in [-0.1, -0.05) is 28.1 Å². The van der Waals surface area contributed by atoms with Gasteiger partial charge in [0.2, 0.25) is 0 Å². The van der Waals surface area contributed by atoms with Gasteiger partial charge in [0.25, 0.3) is 0 Å². The summed E-state index contributed by atoms with van der Waals surface area (Å²) in [5, 5.41) is 9.12. The van der Waals surface area contributed by atoms with Crippen LogP contribution in [0.15, 0.2) is 28.7 Å². The Morgan fingerprint density at radius 3 is 2.25 bits per heavy atom. The van der Waals surface area contributed by atoms with Gasteiger partial charge in [0.05, 0.1) is 6.10 Å². The average molecular weight is 227 g/mol. The van der Waals surface area contributed by atoms with E-state index in [2.05, 4.69) is 40.2 Å². The second kappa shape index (κ2) is 3.19. The van der Waals surface area contributed by atoms with Crippen LogP contribution in [0.3, 0.4) is 0 Å². The van der Waals surface area contributed by atoms with Crippen molar-refractivity contribution in [2.24, 2.45) is 0 Å². The highest BCUT2D eigenvalue weighted by Gasteiger charge is 2.27. The standard InChI is InChI=1S/C10H11BrO/c11-9-3-1-7(2-4-9)8-5-10(12)6-8/h1-4,8,10,12H,5-6H2/t8-,10-. The summed E-state index contributed by atoms with van der Waals surface area (Å²) in [6, 6.07) is 8.36. The number of aliphatic hydroxyl groups is 1. The molecule has 64 valence electrons. The molecule has 1 saturated carbocycles. The van der Waals surface area contributed by atoms with E-state index < -0.39 is 0 Å². The van der Waals surface area contributed by atoms with Gasteiger partial charge in [0.1, 0.15) is 0 Å². The molecule has 1 aromatic carbocycles. The Labute approximate surface area is 80.5 Å². The quantitative estimate of drug-likeness (QED) is 0.781. The molecular formula is C10H11BrO. The third-order valence-corrected chi connectivity index (χ3v) is 2.98. The topological polar surface area (TPSA) is 20.2 Å². The van der Waals surface area contributed by atoms with E-state index >= 15 is 0 Å². The summed E-state index contributed by atoms with van der Waals surface area (Å²) in [6.45, 7) is 0. The number of rotatable bonds is 1. The summed E-state index contributed by atoms with van der Waals surface area (Å²) in [7, 11) is 0. The zero-order valence-electron chi connectivity index (χ0n) is 6.70. The second-order valence-electron chi connectivity index (χ2n) is 3.37. The minimum absolute atomic E-state index is 0.0568. The Balaban J connectivity index is 2.09. The highest BCUT2D eigenvalue weighted by Crippen LogP contribution is 2.36. The van der Waals surface area contributed by atoms with Crippen molar-refractivity contribution in [3.63, 3.8) is 0 Å². The van der Waals surface area contributed by atoms with Crippen molar-refractivity contribution in [2.75, 3.05) is 0 Å². The fourth-order valence-electron chi connectivity index (χ4n) is 1.59. The lowest BCUT2D eigenvalue weighted by Gasteiger charge is -2.31. The number of hydrogen-bond donors (Lipinski definition) is 1. The zero-order valence-corrected chi connectivity index (χ0v) is 8.29. The van der Waals surface area contributed by atoms with Crippen molar-refractivity contribution >= 4 is 15.9 Å². The Bertz CT molecular complexity index is 262. The monoisotopic (exact) mass is 226 g/mol. The molecule has 0 aliphatic heterocycles. The Hall–Kier alpha value is -0.340. The molecule has 1 fully saturated rings. The Morgan fingerprint density at radius 2 is 1.75 bits per heavy atom. The number of benzene rings is 1. The number of hydrogen-bond acceptors (Lipinski definition) is 1. The van der Waals surface area contributed by atoms with Crippen LogP contribution in [0.4, 0.5) is 0 Å². The molecule has 0 aromatic heterocycles. The van der Waals surface area contributed by atoms with Crippen LogP contribution >= 0.6 is 15.9 Å². The molecule has 0 heterocycles. The first-order chi connectivity index (χ1) is 5.75.